The van der Waals surface area contributed by atoms with Gasteiger partial charge in [0.25, 0.3) is 0 Å². The van der Waals surface area contributed by atoms with Crippen molar-refractivity contribution >= 4 is 45.2 Å². The number of benzene rings is 2. The molecule has 2 aliphatic rings. The molecule has 5 nitrogen and oxygen atoms in total. The zero-order chi connectivity index (χ0) is 16.5. The number of carbonyl (C=O) groups is 2. The maximum Gasteiger partial charge on any atom is 0.240 e. The number of carbonyl (C=O) groups excluding carboxylic acids is 2. The first-order valence-electron chi connectivity index (χ1n) is 8.01. The number of hydrogen-bond acceptors (Lipinski definition) is 4. The topological polar surface area (TPSA) is 70.6 Å². The molecular formula is C18H17N3O2S. The summed E-state index contributed by atoms with van der Waals surface area (Å²) >= 11 is 1.36. The van der Waals surface area contributed by atoms with Gasteiger partial charge in [0.2, 0.25) is 11.8 Å². The molecule has 2 aromatic rings. The zero-order valence-electron chi connectivity index (χ0n) is 13.0. The van der Waals surface area contributed by atoms with Gasteiger partial charge < -0.3 is 10.6 Å². The molecule has 0 bridgehead atoms. The molecule has 1 saturated heterocycles. The highest BCUT2D eigenvalue weighted by molar-refractivity contribution is 8.15. The molecule has 0 spiro atoms. The summed E-state index contributed by atoms with van der Waals surface area (Å²) in [5.41, 5.74) is 0.744. The Balaban J connectivity index is 1.39. The first-order chi connectivity index (χ1) is 11.7. The van der Waals surface area contributed by atoms with Gasteiger partial charge in [-0.1, -0.05) is 42.1 Å². The van der Waals surface area contributed by atoms with E-state index in [0.29, 0.717) is 11.2 Å². The van der Waals surface area contributed by atoms with Gasteiger partial charge in [0, 0.05) is 12.1 Å². The van der Waals surface area contributed by atoms with Crippen LogP contribution in [0.1, 0.15) is 19.3 Å². The van der Waals surface area contributed by atoms with Crippen LogP contribution in [0.4, 0.5) is 5.69 Å². The minimum Gasteiger partial charge on any atom is -0.326 e. The van der Waals surface area contributed by atoms with E-state index in [-0.39, 0.29) is 18.2 Å². The van der Waals surface area contributed by atoms with Gasteiger partial charge >= 0.3 is 0 Å². The van der Waals surface area contributed by atoms with Crippen LogP contribution >= 0.6 is 11.8 Å². The molecule has 0 radical (unpaired) electrons. The quantitative estimate of drug-likeness (QED) is 0.900. The number of amides is 2. The summed E-state index contributed by atoms with van der Waals surface area (Å²) in [4.78, 5) is 28.6. The van der Waals surface area contributed by atoms with Crippen molar-refractivity contribution in [3.8, 4) is 0 Å². The fourth-order valence-electron chi connectivity index (χ4n) is 2.62. The minimum atomic E-state index is -0.400. The summed E-state index contributed by atoms with van der Waals surface area (Å²) in [6.07, 6.45) is 2.33. The number of hydrogen-bond donors (Lipinski definition) is 2. The lowest BCUT2D eigenvalue weighted by Crippen LogP contribution is -2.28. The maximum absolute atomic E-state index is 12.2. The van der Waals surface area contributed by atoms with Crippen LogP contribution in [-0.4, -0.2) is 28.3 Å². The third-order valence-corrected chi connectivity index (χ3v) is 5.12. The van der Waals surface area contributed by atoms with Crippen LogP contribution in [0.15, 0.2) is 47.5 Å². The molecule has 122 valence electrons. The number of thioether (sulfide) groups is 1. The van der Waals surface area contributed by atoms with Gasteiger partial charge in [-0.3, -0.25) is 14.6 Å². The monoisotopic (exact) mass is 339 g/mol. The summed E-state index contributed by atoms with van der Waals surface area (Å²) in [5, 5.41) is 8.10. The number of rotatable bonds is 4. The van der Waals surface area contributed by atoms with Gasteiger partial charge in [-0.2, -0.15) is 0 Å². The van der Waals surface area contributed by atoms with Crippen LogP contribution in [0, 0.1) is 0 Å². The van der Waals surface area contributed by atoms with Crippen molar-refractivity contribution in [1.82, 2.24) is 5.32 Å². The molecule has 2 N–H and O–H groups in total. The molecule has 24 heavy (non-hydrogen) atoms. The van der Waals surface area contributed by atoms with Crippen LogP contribution in [0.3, 0.4) is 0 Å². The van der Waals surface area contributed by atoms with Crippen molar-refractivity contribution in [2.75, 3.05) is 5.32 Å². The lowest BCUT2D eigenvalue weighted by molar-refractivity contribution is -0.122. The molecule has 1 aliphatic carbocycles. The molecule has 1 saturated carbocycles. The van der Waals surface area contributed by atoms with E-state index in [1.807, 2.05) is 42.5 Å². The molecule has 1 atom stereocenters. The van der Waals surface area contributed by atoms with Gasteiger partial charge in [0.1, 0.15) is 5.25 Å². The van der Waals surface area contributed by atoms with E-state index >= 15 is 0 Å². The molecule has 2 amide bonds. The minimum absolute atomic E-state index is 0.131. The average molecular weight is 339 g/mol. The lowest BCUT2D eigenvalue weighted by Gasteiger charge is -2.08. The molecule has 0 aromatic heterocycles. The average Bonchev–Trinajstić information content (AvgIpc) is 3.31. The standard InChI is InChI=1S/C18H17N3O2S/c22-16(10-15-17(23)21-18(24-15)20-13-7-8-13)19-14-6-5-11-3-1-2-4-12(11)9-14/h1-6,9,13,15H,7-8,10H2,(H,19,22)(H,20,21,23)/t15-/m1/s1. The van der Waals surface area contributed by atoms with Crippen molar-refractivity contribution in [3.63, 3.8) is 0 Å². The summed E-state index contributed by atoms with van der Waals surface area (Å²) in [5.74, 6) is -0.293. The first kappa shape index (κ1) is 15.2. The van der Waals surface area contributed by atoms with E-state index in [9.17, 15) is 9.59 Å². The third kappa shape index (κ3) is 3.43. The summed E-state index contributed by atoms with van der Waals surface area (Å²) in [6, 6.07) is 14.1. The van der Waals surface area contributed by atoms with E-state index in [1.165, 1.54) is 11.8 Å². The van der Waals surface area contributed by atoms with Gasteiger partial charge in [0.15, 0.2) is 5.17 Å². The fourth-order valence-corrected chi connectivity index (χ4v) is 3.66. The van der Waals surface area contributed by atoms with Crippen LogP contribution in [0.5, 0.6) is 0 Å². The van der Waals surface area contributed by atoms with E-state index in [2.05, 4.69) is 15.6 Å². The summed E-state index contributed by atoms with van der Waals surface area (Å²) in [7, 11) is 0. The van der Waals surface area contributed by atoms with Crippen LogP contribution in [0.25, 0.3) is 10.8 Å². The Morgan fingerprint density at radius 1 is 1.21 bits per heavy atom. The Kier molecular flexibility index (Phi) is 3.98. The third-order valence-electron chi connectivity index (χ3n) is 4.03. The Hall–Kier alpha value is -2.34. The second-order valence-electron chi connectivity index (χ2n) is 6.08. The number of nitrogens with zero attached hydrogens (tertiary/aromatic N) is 1. The fraction of sp³-hybridized carbons (Fsp3) is 0.278. The van der Waals surface area contributed by atoms with Crippen molar-refractivity contribution in [2.45, 2.75) is 30.6 Å². The van der Waals surface area contributed by atoms with Crippen LogP contribution in [0.2, 0.25) is 0 Å². The number of fused-ring (bicyclic) bond motifs is 1. The highest BCUT2D eigenvalue weighted by Crippen LogP contribution is 2.29. The number of anilines is 1. The summed E-state index contributed by atoms with van der Waals surface area (Å²) in [6.45, 7) is 0. The molecule has 2 aromatic carbocycles. The molecule has 1 heterocycles. The van der Waals surface area contributed by atoms with E-state index in [0.717, 1.165) is 29.3 Å². The van der Waals surface area contributed by atoms with Gasteiger partial charge in [-0.25, -0.2) is 0 Å². The van der Waals surface area contributed by atoms with Crippen molar-refractivity contribution in [2.24, 2.45) is 4.99 Å². The normalized spacial score (nSPS) is 21.9. The molecular weight excluding hydrogens is 322 g/mol. The predicted molar refractivity (Wildman–Crippen MR) is 97.2 cm³/mol. The second kappa shape index (κ2) is 6.28. The van der Waals surface area contributed by atoms with Crippen LogP contribution < -0.4 is 10.6 Å². The number of nitrogens with one attached hydrogen (secondary N) is 2. The smallest absolute Gasteiger partial charge is 0.240 e. The largest absolute Gasteiger partial charge is 0.326 e. The first-order valence-corrected chi connectivity index (χ1v) is 8.89. The highest BCUT2D eigenvalue weighted by Gasteiger charge is 2.33. The van der Waals surface area contributed by atoms with Crippen molar-refractivity contribution in [3.05, 3.63) is 42.5 Å². The second-order valence-corrected chi connectivity index (χ2v) is 7.27. The van der Waals surface area contributed by atoms with Crippen molar-refractivity contribution in [1.29, 1.82) is 0 Å². The predicted octanol–water partition coefficient (Wildman–Crippen LogP) is 2.92. The Labute approximate surface area is 143 Å². The molecule has 6 heteroatoms. The van der Waals surface area contributed by atoms with Gasteiger partial charge in [0.05, 0.1) is 6.04 Å². The van der Waals surface area contributed by atoms with E-state index in [4.69, 9.17) is 0 Å². The SMILES string of the molecule is O=C(C[C@H]1SC(=NC2CC2)NC1=O)Nc1ccc2ccccc2c1. The highest BCUT2D eigenvalue weighted by atomic mass is 32.2. The zero-order valence-corrected chi connectivity index (χ0v) is 13.8. The van der Waals surface area contributed by atoms with Gasteiger partial charge in [-0.15, -0.1) is 0 Å². The molecule has 0 unspecified atom stereocenters. The Morgan fingerprint density at radius 2 is 2.00 bits per heavy atom. The number of aliphatic imine (C=N–C) groups is 1. The maximum atomic E-state index is 12.2. The molecule has 2 fully saturated rings. The lowest BCUT2D eigenvalue weighted by atomic mass is 10.1. The Morgan fingerprint density at radius 3 is 2.79 bits per heavy atom. The van der Waals surface area contributed by atoms with E-state index < -0.39 is 5.25 Å². The Bertz CT molecular complexity index is 845. The summed E-state index contributed by atoms with van der Waals surface area (Å²) < 4.78 is 0. The van der Waals surface area contributed by atoms with Crippen LogP contribution in [-0.2, 0) is 9.59 Å². The number of amidine groups is 1. The van der Waals surface area contributed by atoms with Crippen molar-refractivity contribution < 1.29 is 9.59 Å². The van der Waals surface area contributed by atoms with E-state index in [1.54, 1.807) is 0 Å². The molecule has 1 aliphatic heterocycles. The van der Waals surface area contributed by atoms with Gasteiger partial charge in [-0.05, 0) is 35.7 Å². The molecule has 4 rings (SSSR count).